The Morgan fingerprint density at radius 2 is 1.82 bits per heavy atom. The second-order valence-electron chi connectivity index (χ2n) is 5.69. The molecule has 3 aromatic rings. The Bertz CT molecular complexity index is 976. The lowest BCUT2D eigenvalue weighted by Gasteiger charge is -2.05. The molecule has 2 aromatic carbocycles. The van der Waals surface area contributed by atoms with E-state index < -0.39 is 0 Å². The molecule has 2 amide bonds. The zero-order valence-electron chi connectivity index (χ0n) is 14.9. The van der Waals surface area contributed by atoms with E-state index in [2.05, 4.69) is 43.7 Å². The Hall–Kier alpha value is -2.23. The first-order valence-electron chi connectivity index (χ1n) is 8.46. The van der Waals surface area contributed by atoms with Gasteiger partial charge >= 0.3 is 0 Å². The van der Waals surface area contributed by atoms with Gasteiger partial charge in [0.2, 0.25) is 11.0 Å². The second-order valence-corrected chi connectivity index (χ2v) is 8.75. The van der Waals surface area contributed by atoms with Crippen LogP contribution in [-0.2, 0) is 11.2 Å². The topological polar surface area (TPSA) is 84.0 Å². The van der Waals surface area contributed by atoms with Gasteiger partial charge in [-0.1, -0.05) is 54.3 Å². The lowest BCUT2D eigenvalue weighted by molar-refractivity contribution is -0.113. The summed E-state index contributed by atoms with van der Waals surface area (Å²) in [5, 5.41) is 13.9. The molecule has 0 saturated carbocycles. The smallest absolute Gasteiger partial charge is 0.258 e. The number of nitrogens with one attached hydrogen (secondary N) is 2. The first kappa shape index (κ1) is 20.5. The van der Waals surface area contributed by atoms with E-state index in [1.165, 1.54) is 28.7 Å². The molecule has 0 fully saturated rings. The normalized spacial score (nSPS) is 10.5. The average Bonchev–Trinajstić information content (AvgIpc) is 3.14. The van der Waals surface area contributed by atoms with Gasteiger partial charge in [0.1, 0.15) is 0 Å². The molecular formula is C19H17BrN4O2S2. The quantitative estimate of drug-likeness (QED) is 0.376. The van der Waals surface area contributed by atoms with Crippen molar-refractivity contribution in [2.24, 2.45) is 0 Å². The molecule has 0 aliphatic rings. The minimum Gasteiger partial charge on any atom is -0.325 e. The van der Waals surface area contributed by atoms with Crippen LogP contribution in [0, 0.1) is 0 Å². The number of rotatable bonds is 7. The summed E-state index contributed by atoms with van der Waals surface area (Å²) in [5.74, 6) is -0.181. The van der Waals surface area contributed by atoms with Crippen LogP contribution in [0.3, 0.4) is 0 Å². The van der Waals surface area contributed by atoms with Gasteiger partial charge in [0, 0.05) is 10.2 Å². The van der Waals surface area contributed by atoms with Crippen LogP contribution in [0.15, 0.2) is 57.3 Å². The number of aromatic nitrogens is 2. The van der Waals surface area contributed by atoms with Crippen molar-refractivity contribution in [1.29, 1.82) is 0 Å². The molecule has 0 atom stereocenters. The van der Waals surface area contributed by atoms with E-state index in [0.717, 1.165) is 12.1 Å². The van der Waals surface area contributed by atoms with Crippen molar-refractivity contribution < 1.29 is 9.59 Å². The van der Waals surface area contributed by atoms with E-state index in [-0.39, 0.29) is 17.6 Å². The molecule has 9 heteroatoms. The molecule has 0 spiro atoms. The Labute approximate surface area is 179 Å². The summed E-state index contributed by atoms with van der Waals surface area (Å²) in [6, 6.07) is 14.9. The van der Waals surface area contributed by atoms with E-state index in [0.29, 0.717) is 19.5 Å². The first-order chi connectivity index (χ1) is 13.5. The van der Waals surface area contributed by atoms with E-state index in [1.807, 2.05) is 30.3 Å². The number of amides is 2. The number of benzene rings is 2. The summed E-state index contributed by atoms with van der Waals surface area (Å²) < 4.78 is 1.31. The maximum absolute atomic E-state index is 12.3. The second kappa shape index (κ2) is 9.81. The van der Waals surface area contributed by atoms with Crippen molar-refractivity contribution in [3.05, 3.63) is 64.1 Å². The molecule has 0 radical (unpaired) electrons. The molecule has 0 aliphatic carbocycles. The van der Waals surface area contributed by atoms with E-state index in [9.17, 15) is 9.59 Å². The predicted molar refractivity (Wildman–Crippen MR) is 117 cm³/mol. The zero-order valence-corrected chi connectivity index (χ0v) is 18.2. The summed E-state index contributed by atoms with van der Waals surface area (Å²) in [6.45, 7) is 2.08. The molecule has 3 rings (SSSR count). The van der Waals surface area contributed by atoms with Gasteiger partial charge in [0.15, 0.2) is 4.34 Å². The van der Waals surface area contributed by atoms with Crippen molar-refractivity contribution >= 4 is 61.7 Å². The van der Waals surface area contributed by atoms with Gasteiger partial charge < -0.3 is 5.32 Å². The number of nitrogens with zero attached hydrogens (tertiary/aromatic N) is 2. The van der Waals surface area contributed by atoms with Crippen LogP contribution in [0.2, 0.25) is 0 Å². The van der Waals surface area contributed by atoms with Gasteiger partial charge in [-0.15, -0.1) is 10.2 Å². The molecule has 0 bridgehead atoms. The van der Waals surface area contributed by atoms with Crippen LogP contribution < -0.4 is 10.6 Å². The summed E-state index contributed by atoms with van der Waals surface area (Å²) in [4.78, 5) is 24.4. The van der Waals surface area contributed by atoms with Crippen LogP contribution in [0.4, 0.5) is 10.8 Å². The molecule has 1 heterocycles. The minimum atomic E-state index is -0.270. The average molecular weight is 477 g/mol. The zero-order chi connectivity index (χ0) is 19.9. The van der Waals surface area contributed by atoms with Crippen molar-refractivity contribution in [2.75, 3.05) is 16.4 Å². The summed E-state index contributed by atoms with van der Waals surface area (Å²) in [5.41, 5.74) is 2.50. The summed E-state index contributed by atoms with van der Waals surface area (Å²) in [7, 11) is 0. The van der Waals surface area contributed by atoms with Crippen LogP contribution in [0.5, 0.6) is 0 Å². The third kappa shape index (κ3) is 5.63. The van der Waals surface area contributed by atoms with E-state index in [4.69, 9.17) is 0 Å². The maximum Gasteiger partial charge on any atom is 0.258 e. The fourth-order valence-corrected chi connectivity index (χ4v) is 4.29. The van der Waals surface area contributed by atoms with Crippen LogP contribution >= 0.6 is 39.0 Å². The Kier molecular flexibility index (Phi) is 7.18. The van der Waals surface area contributed by atoms with Gasteiger partial charge in [-0.3, -0.25) is 14.9 Å². The van der Waals surface area contributed by atoms with Gasteiger partial charge in [0.05, 0.1) is 11.3 Å². The van der Waals surface area contributed by atoms with Gasteiger partial charge in [-0.25, -0.2) is 0 Å². The van der Waals surface area contributed by atoms with Crippen LogP contribution in [-0.4, -0.2) is 27.8 Å². The SMILES string of the molecule is CCc1ccc(NC(=O)CSc2nnc(NC(=O)c3ccccc3Br)s2)cc1. The maximum atomic E-state index is 12.3. The highest BCUT2D eigenvalue weighted by molar-refractivity contribution is 9.10. The Morgan fingerprint density at radius 3 is 2.54 bits per heavy atom. The fourth-order valence-electron chi connectivity index (χ4n) is 2.28. The molecule has 0 aliphatic heterocycles. The lowest BCUT2D eigenvalue weighted by Crippen LogP contribution is -2.13. The number of aryl methyl sites for hydroxylation is 1. The molecule has 144 valence electrons. The highest BCUT2D eigenvalue weighted by atomic mass is 79.9. The van der Waals surface area contributed by atoms with Crippen molar-refractivity contribution in [1.82, 2.24) is 10.2 Å². The van der Waals surface area contributed by atoms with Crippen LogP contribution in [0.25, 0.3) is 0 Å². The number of anilines is 2. The predicted octanol–water partition coefficient (Wildman–Crippen LogP) is 4.85. The highest BCUT2D eigenvalue weighted by Gasteiger charge is 2.13. The van der Waals surface area contributed by atoms with E-state index in [1.54, 1.807) is 18.2 Å². The van der Waals surface area contributed by atoms with Gasteiger partial charge in [0.25, 0.3) is 5.91 Å². The molecule has 0 unspecified atom stereocenters. The number of thioether (sulfide) groups is 1. The van der Waals surface area contributed by atoms with E-state index >= 15 is 0 Å². The first-order valence-corrected chi connectivity index (χ1v) is 11.1. The number of hydrogen-bond acceptors (Lipinski definition) is 6. The van der Waals surface area contributed by atoms with Crippen molar-refractivity contribution in [2.45, 2.75) is 17.7 Å². The third-order valence-corrected chi connectivity index (χ3v) is 6.38. The number of carbonyl (C=O) groups excluding carboxylic acids is 2. The van der Waals surface area contributed by atoms with Crippen molar-refractivity contribution in [3.63, 3.8) is 0 Å². The fraction of sp³-hybridized carbons (Fsp3) is 0.158. The number of halogens is 1. The third-order valence-electron chi connectivity index (χ3n) is 3.72. The molecule has 0 saturated heterocycles. The van der Waals surface area contributed by atoms with Crippen molar-refractivity contribution in [3.8, 4) is 0 Å². The Morgan fingerprint density at radius 1 is 1.07 bits per heavy atom. The Balaban J connectivity index is 1.50. The highest BCUT2D eigenvalue weighted by Crippen LogP contribution is 2.26. The summed E-state index contributed by atoms with van der Waals surface area (Å²) in [6.07, 6.45) is 0.960. The monoisotopic (exact) mass is 476 g/mol. The number of hydrogen-bond donors (Lipinski definition) is 2. The standard InChI is InChI=1S/C19H17BrN4O2S2/c1-2-12-7-9-13(10-8-12)21-16(25)11-27-19-24-23-18(28-19)22-17(26)14-5-3-4-6-15(14)20/h3-10H,2,11H2,1H3,(H,21,25)(H,22,23,26). The molecule has 2 N–H and O–H groups in total. The van der Waals surface area contributed by atoms with Crippen LogP contribution in [0.1, 0.15) is 22.8 Å². The molecule has 6 nitrogen and oxygen atoms in total. The van der Waals surface area contributed by atoms with Gasteiger partial charge in [-0.05, 0) is 52.2 Å². The summed E-state index contributed by atoms with van der Waals surface area (Å²) >= 11 is 5.85. The minimum absolute atomic E-state index is 0.122. The lowest BCUT2D eigenvalue weighted by atomic mass is 10.1. The largest absolute Gasteiger partial charge is 0.325 e. The molecular weight excluding hydrogens is 460 g/mol. The number of carbonyl (C=O) groups is 2. The molecule has 1 aromatic heterocycles. The van der Waals surface area contributed by atoms with Gasteiger partial charge in [-0.2, -0.15) is 0 Å². The molecule has 28 heavy (non-hydrogen) atoms.